The van der Waals surface area contributed by atoms with E-state index in [1.54, 1.807) is 0 Å². The van der Waals surface area contributed by atoms with Crippen LogP contribution in [-0.2, 0) is 0 Å². The molecule has 0 spiro atoms. The first-order valence-corrected chi connectivity index (χ1v) is 7.44. The largest absolute Gasteiger partial charge is 0.399 e. The second kappa shape index (κ2) is 5.61. The topological polar surface area (TPSA) is 51.8 Å². The molecule has 104 valence electrons. The molecule has 1 aromatic heterocycles. The number of aryl methyl sites for hydroxylation is 1. The van der Waals surface area contributed by atoms with E-state index in [-0.39, 0.29) is 0 Å². The highest BCUT2D eigenvalue weighted by Gasteiger charge is 2.18. The number of nitrogen functional groups attached to an aromatic ring is 1. The van der Waals surface area contributed by atoms with Crippen LogP contribution in [0.1, 0.15) is 49.4 Å². The standard InChI is InChI=1S/C17H21N3/c1-12-10-16(13-6-3-2-4-7-13)20-17(19-12)14-8-5-9-15(18)11-14/h5,8-11,13H,2-4,6-7,18H2,1H3. The molecule has 2 N–H and O–H groups in total. The summed E-state index contributed by atoms with van der Waals surface area (Å²) in [5, 5.41) is 0. The zero-order valence-corrected chi connectivity index (χ0v) is 12.0. The van der Waals surface area contributed by atoms with Crippen LogP contribution >= 0.6 is 0 Å². The van der Waals surface area contributed by atoms with Gasteiger partial charge in [0.1, 0.15) is 0 Å². The molecule has 20 heavy (non-hydrogen) atoms. The van der Waals surface area contributed by atoms with Crippen molar-refractivity contribution in [3.05, 3.63) is 41.7 Å². The zero-order chi connectivity index (χ0) is 13.9. The van der Waals surface area contributed by atoms with E-state index in [0.717, 1.165) is 22.8 Å². The van der Waals surface area contributed by atoms with Crippen molar-refractivity contribution >= 4 is 5.69 Å². The second-order valence-corrected chi connectivity index (χ2v) is 5.72. The van der Waals surface area contributed by atoms with Gasteiger partial charge in [0.2, 0.25) is 0 Å². The smallest absolute Gasteiger partial charge is 0.159 e. The lowest BCUT2D eigenvalue weighted by Gasteiger charge is -2.21. The molecule has 3 rings (SSSR count). The summed E-state index contributed by atoms with van der Waals surface area (Å²) in [6, 6.07) is 9.96. The minimum Gasteiger partial charge on any atom is -0.399 e. The maximum atomic E-state index is 5.86. The molecule has 3 nitrogen and oxygen atoms in total. The molecule has 0 saturated heterocycles. The van der Waals surface area contributed by atoms with Crippen molar-refractivity contribution in [3.8, 4) is 11.4 Å². The van der Waals surface area contributed by atoms with Crippen LogP contribution in [0.25, 0.3) is 11.4 Å². The molecule has 0 aliphatic heterocycles. The minimum atomic E-state index is 0.602. The lowest BCUT2D eigenvalue weighted by atomic mass is 9.86. The molecule has 3 heteroatoms. The van der Waals surface area contributed by atoms with Gasteiger partial charge in [-0.2, -0.15) is 0 Å². The Morgan fingerprint density at radius 2 is 1.85 bits per heavy atom. The summed E-state index contributed by atoms with van der Waals surface area (Å²) in [4.78, 5) is 9.38. The summed E-state index contributed by atoms with van der Waals surface area (Å²) in [6.07, 6.45) is 6.52. The Morgan fingerprint density at radius 3 is 2.60 bits per heavy atom. The summed E-state index contributed by atoms with van der Waals surface area (Å²) in [6.45, 7) is 2.05. The third-order valence-electron chi connectivity index (χ3n) is 4.04. The number of hydrogen-bond donors (Lipinski definition) is 1. The van der Waals surface area contributed by atoms with Gasteiger partial charge in [-0.05, 0) is 38.0 Å². The van der Waals surface area contributed by atoms with Gasteiger partial charge in [0.05, 0.1) is 0 Å². The van der Waals surface area contributed by atoms with Crippen molar-refractivity contribution < 1.29 is 0 Å². The number of aromatic nitrogens is 2. The predicted molar refractivity (Wildman–Crippen MR) is 82.4 cm³/mol. The highest BCUT2D eigenvalue weighted by molar-refractivity contribution is 5.61. The van der Waals surface area contributed by atoms with E-state index in [2.05, 4.69) is 11.1 Å². The minimum absolute atomic E-state index is 0.602. The van der Waals surface area contributed by atoms with Gasteiger partial charge >= 0.3 is 0 Å². The van der Waals surface area contributed by atoms with Gasteiger partial charge in [0.25, 0.3) is 0 Å². The van der Waals surface area contributed by atoms with Crippen LogP contribution in [0.2, 0.25) is 0 Å². The number of hydrogen-bond acceptors (Lipinski definition) is 3. The second-order valence-electron chi connectivity index (χ2n) is 5.72. The highest BCUT2D eigenvalue weighted by atomic mass is 14.9. The Bertz CT molecular complexity index is 601. The van der Waals surface area contributed by atoms with Crippen LogP contribution in [0.5, 0.6) is 0 Å². The maximum Gasteiger partial charge on any atom is 0.159 e. The van der Waals surface area contributed by atoms with E-state index in [1.165, 1.54) is 37.8 Å². The molecule has 1 aliphatic carbocycles. The normalized spacial score (nSPS) is 16.2. The van der Waals surface area contributed by atoms with Gasteiger partial charge in [-0.25, -0.2) is 9.97 Å². The summed E-state index contributed by atoms with van der Waals surface area (Å²) >= 11 is 0. The van der Waals surface area contributed by atoms with Gasteiger partial charge in [0, 0.05) is 28.6 Å². The number of rotatable bonds is 2. The molecule has 1 saturated carbocycles. The van der Waals surface area contributed by atoms with Crippen LogP contribution in [0.15, 0.2) is 30.3 Å². The first-order chi connectivity index (χ1) is 9.72. The molecule has 0 atom stereocenters. The van der Waals surface area contributed by atoms with E-state index < -0.39 is 0 Å². The molecular weight excluding hydrogens is 246 g/mol. The predicted octanol–water partition coefficient (Wildman–Crippen LogP) is 4.08. The molecule has 1 aromatic carbocycles. The average Bonchev–Trinajstić information content (AvgIpc) is 2.47. The lowest BCUT2D eigenvalue weighted by molar-refractivity contribution is 0.436. The average molecular weight is 267 g/mol. The molecule has 1 fully saturated rings. The third-order valence-corrected chi connectivity index (χ3v) is 4.04. The molecule has 0 unspecified atom stereocenters. The van der Waals surface area contributed by atoms with Crippen LogP contribution in [-0.4, -0.2) is 9.97 Å². The number of benzene rings is 1. The van der Waals surface area contributed by atoms with E-state index in [1.807, 2.05) is 31.2 Å². The molecule has 1 heterocycles. The fourth-order valence-electron chi connectivity index (χ4n) is 3.01. The van der Waals surface area contributed by atoms with Crippen molar-refractivity contribution in [1.29, 1.82) is 0 Å². The van der Waals surface area contributed by atoms with Gasteiger partial charge in [-0.1, -0.05) is 31.4 Å². The lowest BCUT2D eigenvalue weighted by Crippen LogP contribution is -2.08. The fourth-order valence-corrected chi connectivity index (χ4v) is 3.01. The Kier molecular flexibility index (Phi) is 3.68. The maximum absolute atomic E-state index is 5.86. The van der Waals surface area contributed by atoms with Crippen LogP contribution in [0.4, 0.5) is 5.69 Å². The third kappa shape index (κ3) is 2.82. The molecule has 2 aromatic rings. The van der Waals surface area contributed by atoms with Gasteiger partial charge in [-0.15, -0.1) is 0 Å². The van der Waals surface area contributed by atoms with E-state index >= 15 is 0 Å². The molecular formula is C17H21N3. The monoisotopic (exact) mass is 267 g/mol. The highest BCUT2D eigenvalue weighted by Crippen LogP contribution is 2.32. The van der Waals surface area contributed by atoms with Crippen molar-refractivity contribution in [2.75, 3.05) is 5.73 Å². The Balaban J connectivity index is 1.97. The quantitative estimate of drug-likeness (QED) is 0.834. The first kappa shape index (κ1) is 13.1. The fraction of sp³-hybridized carbons (Fsp3) is 0.412. The Hall–Kier alpha value is -1.90. The summed E-state index contributed by atoms with van der Waals surface area (Å²) in [5.41, 5.74) is 9.86. The van der Waals surface area contributed by atoms with Crippen LogP contribution in [0.3, 0.4) is 0 Å². The van der Waals surface area contributed by atoms with Crippen LogP contribution in [0, 0.1) is 6.92 Å². The molecule has 0 amide bonds. The van der Waals surface area contributed by atoms with Crippen molar-refractivity contribution in [1.82, 2.24) is 9.97 Å². The van der Waals surface area contributed by atoms with E-state index in [0.29, 0.717) is 5.92 Å². The summed E-state index contributed by atoms with van der Waals surface area (Å²) in [7, 11) is 0. The molecule has 0 bridgehead atoms. The van der Waals surface area contributed by atoms with Crippen molar-refractivity contribution in [3.63, 3.8) is 0 Å². The Labute approximate surface area is 120 Å². The molecule has 1 aliphatic rings. The summed E-state index contributed by atoms with van der Waals surface area (Å²) < 4.78 is 0. The van der Waals surface area contributed by atoms with E-state index in [4.69, 9.17) is 10.7 Å². The van der Waals surface area contributed by atoms with Crippen LogP contribution < -0.4 is 5.73 Å². The number of anilines is 1. The van der Waals surface area contributed by atoms with Crippen molar-refractivity contribution in [2.45, 2.75) is 44.9 Å². The number of nitrogens with zero attached hydrogens (tertiary/aromatic N) is 2. The van der Waals surface area contributed by atoms with E-state index in [9.17, 15) is 0 Å². The Morgan fingerprint density at radius 1 is 1.05 bits per heavy atom. The summed E-state index contributed by atoms with van der Waals surface area (Å²) in [5.74, 6) is 1.41. The zero-order valence-electron chi connectivity index (χ0n) is 12.0. The van der Waals surface area contributed by atoms with Gasteiger partial charge < -0.3 is 5.73 Å². The van der Waals surface area contributed by atoms with Gasteiger partial charge in [-0.3, -0.25) is 0 Å². The number of nitrogens with two attached hydrogens (primary N) is 1. The van der Waals surface area contributed by atoms with Crippen molar-refractivity contribution in [2.24, 2.45) is 0 Å². The first-order valence-electron chi connectivity index (χ1n) is 7.44. The van der Waals surface area contributed by atoms with Gasteiger partial charge in [0.15, 0.2) is 5.82 Å². The SMILES string of the molecule is Cc1cc(C2CCCCC2)nc(-c2cccc(N)c2)n1. The molecule has 0 radical (unpaired) electrons.